The Labute approximate surface area is 98.9 Å². The van der Waals surface area contributed by atoms with Crippen LogP contribution in [0.2, 0.25) is 0 Å². The fraction of sp³-hybridized carbons (Fsp3) is 0.455. The molecule has 17 heavy (non-hydrogen) atoms. The van der Waals surface area contributed by atoms with Gasteiger partial charge in [-0.15, -0.1) is 0 Å². The summed E-state index contributed by atoms with van der Waals surface area (Å²) in [6, 6.07) is 0. The van der Waals surface area contributed by atoms with E-state index in [0.717, 1.165) is 0 Å². The summed E-state index contributed by atoms with van der Waals surface area (Å²) < 4.78 is 14.7. The van der Waals surface area contributed by atoms with Crippen molar-refractivity contribution in [2.75, 3.05) is 20.3 Å². The first-order valence-electron chi connectivity index (χ1n) is 5.25. The van der Waals surface area contributed by atoms with Crippen LogP contribution < -0.4 is 4.74 Å². The highest BCUT2D eigenvalue weighted by Crippen LogP contribution is 2.23. The molecule has 1 aromatic heterocycles. The van der Waals surface area contributed by atoms with Crippen LogP contribution in [-0.2, 0) is 9.47 Å². The topological polar surface area (TPSA) is 77.6 Å². The Kier molecular flexibility index (Phi) is 4.56. The van der Waals surface area contributed by atoms with Gasteiger partial charge in [-0.25, -0.2) is 9.59 Å². The lowest BCUT2D eigenvalue weighted by Crippen LogP contribution is -2.13. The van der Waals surface area contributed by atoms with E-state index in [1.54, 1.807) is 13.8 Å². The van der Waals surface area contributed by atoms with E-state index in [-0.39, 0.29) is 30.2 Å². The van der Waals surface area contributed by atoms with Gasteiger partial charge in [0.05, 0.1) is 20.3 Å². The number of aromatic nitrogens is 1. The zero-order valence-electron chi connectivity index (χ0n) is 10.0. The van der Waals surface area contributed by atoms with Crippen LogP contribution in [0.1, 0.15) is 34.7 Å². The SMILES string of the molecule is CCOC(=O)c1[nH]cc(OC)c1C(=O)OCC. The van der Waals surface area contributed by atoms with Crippen molar-refractivity contribution in [1.29, 1.82) is 0 Å². The van der Waals surface area contributed by atoms with Crippen molar-refractivity contribution in [2.24, 2.45) is 0 Å². The van der Waals surface area contributed by atoms with Crippen LogP contribution in [-0.4, -0.2) is 37.2 Å². The minimum absolute atomic E-state index is 0.0437. The molecule has 0 aliphatic rings. The molecule has 0 saturated carbocycles. The van der Waals surface area contributed by atoms with E-state index >= 15 is 0 Å². The molecule has 0 atom stereocenters. The average molecular weight is 241 g/mol. The van der Waals surface area contributed by atoms with Crippen LogP contribution in [0.25, 0.3) is 0 Å². The summed E-state index contributed by atoms with van der Waals surface area (Å²) in [4.78, 5) is 25.9. The number of ether oxygens (including phenoxy) is 3. The van der Waals surface area contributed by atoms with Gasteiger partial charge in [-0.05, 0) is 13.8 Å². The highest BCUT2D eigenvalue weighted by atomic mass is 16.5. The van der Waals surface area contributed by atoms with Crippen LogP contribution in [0.5, 0.6) is 5.75 Å². The maximum Gasteiger partial charge on any atom is 0.355 e. The van der Waals surface area contributed by atoms with Gasteiger partial charge in [0.25, 0.3) is 0 Å². The molecule has 0 aliphatic heterocycles. The summed E-state index contributed by atoms with van der Waals surface area (Å²) in [6.07, 6.45) is 1.42. The van der Waals surface area contributed by atoms with E-state index in [4.69, 9.17) is 14.2 Å². The third kappa shape index (κ3) is 2.77. The molecular weight excluding hydrogens is 226 g/mol. The molecule has 0 spiro atoms. The monoisotopic (exact) mass is 241 g/mol. The second-order valence-corrected chi connectivity index (χ2v) is 3.05. The Morgan fingerprint density at radius 2 is 1.76 bits per heavy atom. The van der Waals surface area contributed by atoms with E-state index < -0.39 is 11.9 Å². The third-order valence-electron chi connectivity index (χ3n) is 2.02. The summed E-state index contributed by atoms with van der Waals surface area (Å²) in [5, 5.41) is 0. The molecule has 1 aromatic rings. The molecule has 0 bridgehead atoms. The number of carbonyl (C=O) groups excluding carboxylic acids is 2. The molecule has 0 unspecified atom stereocenters. The van der Waals surface area contributed by atoms with Gasteiger partial charge >= 0.3 is 11.9 Å². The van der Waals surface area contributed by atoms with E-state index in [9.17, 15) is 9.59 Å². The summed E-state index contributed by atoms with van der Waals surface area (Å²) in [5.41, 5.74) is 0.106. The number of nitrogens with one attached hydrogen (secondary N) is 1. The summed E-state index contributed by atoms with van der Waals surface area (Å²) in [6.45, 7) is 3.81. The number of esters is 2. The van der Waals surface area contributed by atoms with Gasteiger partial charge in [0.15, 0.2) is 5.75 Å². The molecule has 94 valence electrons. The lowest BCUT2D eigenvalue weighted by atomic mass is 10.2. The number of H-pyrrole nitrogens is 1. The molecule has 0 fully saturated rings. The fourth-order valence-electron chi connectivity index (χ4n) is 1.34. The van der Waals surface area contributed by atoms with Crippen molar-refractivity contribution < 1.29 is 23.8 Å². The fourth-order valence-corrected chi connectivity index (χ4v) is 1.34. The van der Waals surface area contributed by atoms with Gasteiger partial charge < -0.3 is 19.2 Å². The van der Waals surface area contributed by atoms with E-state index in [1.165, 1.54) is 13.3 Å². The number of aromatic amines is 1. The second-order valence-electron chi connectivity index (χ2n) is 3.05. The quantitative estimate of drug-likeness (QED) is 0.788. The van der Waals surface area contributed by atoms with Crippen LogP contribution >= 0.6 is 0 Å². The molecule has 0 radical (unpaired) electrons. The van der Waals surface area contributed by atoms with Crippen LogP contribution in [0.4, 0.5) is 0 Å². The van der Waals surface area contributed by atoms with Gasteiger partial charge in [-0.1, -0.05) is 0 Å². The van der Waals surface area contributed by atoms with Gasteiger partial charge in [0, 0.05) is 6.20 Å². The molecule has 1 heterocycles. The van der Waals surface area contributed by atoms with Crippen molar-refractivity contribution in [1.82, 2.24) is 4.98 Å². The molecule has 1 N–H and O–H groups in total. The van der Waals surface area contributed by atoms with Gasteiger partial charge in [-0.3, -0.25) is 0 Å². The van der Waals surface area contributed by atoms with Crippen molar-refractivity contribution in [3.8, 4) is 5.75 Å². The van der Waals surface area contributed by atoms with Gasteiger partial charge in [-0.2, -0.15) is 0 Å². The normalized spacial score (nSPS) is 9.82. The zero-order chi connectivity index (χ0) is 12.8. The second kappa shape index (κ2) is 5.93. The van der Waals surface area contributed by atoms with Crippen molar-refractivity contribution in [3.63, 3.8) is 0 Å². The van der Waals surface area contributed by atoms with Crippen molar-refractivity contribution >= 4 is 11.9 Å². The first-order chi connectivity index (χ1) is 8.15. The molecular formula is C11H15NO5. The molecule has 0 aliphatic carbocycles. The largest absolute Gasteiger partial charge is 0.494 e. The standard InChI is InChI=1S/C11H15NO5/c1-4-16-10(13)8-7(15-3)6-12-9(8)11(14)17-5-2/h6,12H,4-5H2,1-3H3. The Balaban J connectivity index is 3.09. The van der Waals surface area contributed by atoms with Crippen LogP contribution in [0.3, 0.4) is 0 Å². The molecule has 1 rings (SSSR count). The van der Waals surface area contributed by atoms with Gasteiger partial charge in [0.1, 0.15) is 11.3 Å². The van der Waals surface area contributed by atoms with Crippen LogP contribution in [0, 0.1) is 0 Å². The third-order valence-corrected chi connectivity index (χ3v) is 2.02. The lowest BCUT2D eigenvalue weighted by molar-refractivity contribution is 0.0473. The Morgan fingerprint density at radius 1 is 1.18 bits per heavy atom. The maximum atomic E-state index is 11.7. The molecule has 0 aromatic carbocycles. The predicted octanol–water partition coefficient (Wildman–Crippen LogP) is 1.38. The van der Waals surface area contributed by atoms with E-state index in [2.05, 4.69) is 4.98 Å². The number of carbonyl (C=O) groups is 2. The molecule has 6 heteroatoms. The van der Waals surface area contributed by atoms with Gasteiger partial charge in [0.2, 0.25) is 0 Å². The van der Waals surface area contributed by atoms with Crippen molar-refractivity contribution in [2.45, 2.75) is 13.8 Å². The number of hydrogen-bond donors (Lipinski definition) is 1. The Hall–Kier alpha value is -1.98. The lowest BCUT2D eigenvalue weighted by Gasteiger charge is -2.05. The first kappa shape index (κ1) is 13.1. The first-order valence-corrected chi connectivity index (χ1v) is 5.25. The maximum absolute atomic E-state index is 11.7. The summed E-state index contributed by atoms with van der Waals surface area (Å²) in [5.74, 6) is -0.973. The summed E-state index contributed by atoms with van der Waals surface area (Å²) in [7, 11) is 1.40. The Bertz CT molecular complexity index is 410. The smallest absolute Gasteiger partial charge is 0.355 e. The average Bonchev–Trinajstić information content (AvgIpc) is 2.73. The molecule has 6 nitrogen and oxygen atoms in total. The highest BCUT2D eigenvalue weighted by molar-refractivity contribution is 6.04. The van der Waals surface area contributed by atoms with E-state index in [0.29, 0.717) is 0 Å². The highest BCUT2D eigenvalue weighted by Gasteiger charge is 2.25. The minimum Gasteiger partial charge on any atom is -0.494 e. The zero-order valence-corrected chi connectivity index (χ0v) is 10.0. The summed E-state index contributed by atoms with van der Waals surface area (Å²) >= 11 is 0. The molecule has 0 saturated heterocycles. The number of rotatable bonds is 5. The number of methoxy groups -OCH3 is 1. The predicted molar refractivity (Wildman–Crippen MR) is 59.3 cm³/mol. The van der Waals surface area contributed by atoms with Crippen LogP contribution in [0.15, 0.2) is 6.20 Å². The minimum atomic E-state index is -0.617. The van der Waals surface area contributed by atoms with E-state index in [1.807, 2.05) is 0 Å². The number of hydrogen-bond acceptors (Lipinski definition) is 5. The van der Waals surface area contributed by atoms with Crippen molar-refractivity contribution in [3.05, 3.63) is 17.5 Å². The Morgan fingerprint density at radius 3 is 2.29 bits per heavy atom. The molecule has 0 amide bonds.